The second-order valence-electron chi connectivity index (χ2n) is 5.46. The van der Waals surface area contributed by atoms with Gasteiger partial charge < -0.3 is 9.47 Å². The van der Waals surface area contributed by atoms with E-state index < -0.39 is 29.6 Å². The molecule has 8 heteroatoms. The fourth-order valence-electron chi connectivity index (χ4n) is 2.65. The van der Waals surface area contributed by atoms with E-state index in [4.69, 9.17) is 21.1 Å². The molecule has 144 valence electrons. The van der Waals surface area contributed by atoms with Crippen LogP contribution in [-0.4, -0.2) is 30.1 Å². The molecule has 0 aliphatic carbocycles. The Bertz CT molecular complexity index is 854. The van der Waals surface area contributed by atoms with Crippen molar-refractivity contribution in [1.29, 1.82) is 0 Å². The van der Waals surface area contributed by atoms with Gasteiger partial charge in [-0.2, -0.15) is 0 Å². The number of carbonyl (C=O) groups is 2. The van der Waals surface area contributed by atoms with Crippen LogP contribution in [0.2, 0.25) is 5.02 Å². The van der Waals surface area contributed by atoms with E-state index in [0.29, 0.717) is 10.6 Å². The third-order valence-electron chi connectivity index (χ3n) is 3.70. The highest BCUT2D eigenvalue weighted by Gasteiger charge is 2.32. The van der Waals surface area contributed by atoms with E-state index in [2.05, 4.69) is 4.98 Å². The van der Waals surface area contributed by atoms with Gasteiger partial charge in [0.05, 0.1) is 30.0 Å². The van der Waals surface area contributed by atoms with Gasteiger partial charge in [-0.1, -0.05) is 23.7 Å². The first kappa shape index (κ1) is 20.8. The number of benzene rings is 1. The standard InChI is InChI=1S/C19H18ClF2NO4/c1-4-26-18(24)13-10(3)23-16(17(21)22)15(19(25)27-5-2)14(13)11-6-8-12(20)9-7-11/h6-9,17H,4-5H2,1-3H3. The van der Waals surface area contributed by atoms with E-state index >= 15 is 0 Å². The first-order valence-corrected chi connectivity index (χ1v) is 8.62. The Hall–Kier alpha value is -2.54. The summed E-state index contributed by atoms with van der Waals surface area (Å²) in [5.74, 6) is -1.75. The molecular weight excluding hydrogens is 380 g/mol. The molecule has 0 spiro atoms. The average Bonchev–Trinajstić information content (AvgIpc) is 2.61. The highest BCUT2D eigenvalue weighted by Crippen LogP contribution is 2.36. The Morgan fingerprint density at radius 2 is 1.56 bits per heavy atom. The molecule has 2 aromatic rings. The number of hydrogen-bond donors (Lipinski definition) is 0. The minimum Gasteiger partial charge on any atom is -0.462 e. The van der Waals surface area contributed by atoms with Gasteiger partial charge in [0, 0.05) is 10.6 Å². The summed E-state index contributed by atoms with van der Waals surface area (Å²) in [6.45, 7) is 4.62. The fraction of sp³-hybridized carbons (Fsp3) is 0.316. The largest absolute Gasteiger partial charge is 0.462 e. The summed E-state index contributed by atoms with van der Waals surface area (Å²) in [6.07, 6.45) is -3.04. The molecule has 0 saturated carbocycles. The number of hydrogen-bond acceptors (Lipinski definition) is 5. The molecule has 5 nitrogen and oxygen atoms in total. The van der Waals surface area contributed by atoms with Crippen LogP contribution in [0.15, 0.2) is 24.3 Å². The maximum atomic E-state index is 13.6. The summed E-state index contributed by atoms with van der Waals surface area (Å²) in [5, 5.41) is 0.411. The number of ether oxygens (including phenoxy) is 2. The topological polar surface area (TPSA) is 65.5 Å². The van der Waals surface area contributed by atoms with Crippen molar-refractivity contribution in [3.8, 4) is 11.1 Å². The zero-order valence-corrected chi connectivity index (χ0v) is 15.8. The molecule has 0 N–H and O–H groups in total. The molecule has 0 aliphatic rings. The van der Waals surface area contributed by atoms with Crippen molar-refractivity contribution in [1.82, 2.24) is 4.98 Å². The van der Waals surface area contributed by atoms with Crippen LogP contribution >= 0.6 is 11.6 Å². The van der Waals surface area contributed by atoms with Crippen LogP contribution in [0.5, 0.6) is 0 Å². The Labute approximate surface area is 160 Å². The number of nitrogens with zero attached hydrogens (tertiary/aromatic N) is 1. The zero-order chi connectivity index (χ0) is 20.1. The van der Waals surface area contributed by atoms with Crippen molar-refractivity contribution in [2.75, 3.05) is 13.2 Å². The normalized spacial score (nSPS) is 10.8. The molecule has 0 atom stereocenters. The van der Waals surface area contributed by atoms with E-state index in [9.17, 15) is 18.4 Å². The summed E-state index contributed by atoms with van der Waals surface area (Å²) in [4.78, 5) is 28.8. The average molecular weight is 398 g/mol. The van der Waals surface area contributed by atoms with Crippen LogP contribution in [-0.2, 0) is 9.47 Å². The van der Waals surface area contributed by atoms with Gasteiger partial charge in [0.1, 0.15) is 5.69 Å². The number of rotatable bonds is 6. The van der Waals surface area contributed by atoms with E-state index in [1.165, 1.54) is 31.2 Å². The summed E-state index contributed by atoms with van der Waals surface area (Å²) in [6, 6.07) is 6.10. The number of aryl methyl sites for hydroxylation is 1. The van der Waals surface area contributed by atoms with Crippen molar-refractivity contribution >= 4 is 23.5 Å². The summed E-state index contributed by atoms with van der Waals surface area (Å²) < 4.78 is 37.3. The lowest BCUT2D eigenvalue weighted by atomic mass is 9.92. The number of carbonyl (C=O) groups excluding carboxylic acids is 2. The van der Waals surface area contributed by atoms with E-state index in [1.807, 2.05) is 0 Å². The predicted octanol–water partition coefficient (Wildman–Crippen LogP) is 5.00. The summed E-state index contributed by atoms with van der Waals surface area (Å²) >= 11 is 5.90. The number of aromatic nitrogens is 1. The Balaban J connectivity index is 2.92. The van der Waals surface area contributed by atoms with Crippen LogP contribution in [0.4, 0.5) is 8.78 Å². The van der Waals surface area contributed by atoms with Gasteiger partial charge in [0.15, 0.2) is 0 Å². The van der Waals surface area contributed by atoms with E-state index in [-0.39, 0.29) is 30.0 Å². The summed E-state index contributed by atoms with van der Waals surface area (Å²) in [7, 11) is 0. The quantitative estimate of drug-likeness (QED) is 0.641. The molecule has 0 unspecified atom stereocenters. The molecule has 0 aliphatic heterocycles. The minimum atomic E-state index is -3.04. The third kappa shape index (κ3) is 4.42. The number of esters is 2. The monoisotopic (exact) mass is 397 g/mol. The Morgan fingerprint density at radius 1 is 1.04 bits per heavy atom. The van der Waals surface area contributed by atoms with E-state index in [1.54, 1.807) is 13.8 Å². The molecule has 1 heterocycles. The van der Waals surface area contributed by atoms with Gasteiger partial charge >= 0.3 is 11.9 Å². The van der Waals surface area contributed by atoms with Gasteiger partial charge in [0.25, 0.3) is 6.43 Å². The maximum Gasteiger partial charge on any atom is 0.340 e. The van der Waals surface area contributed by atoms with Crippen LogP contribution in [0.1, 0.15) is 52.4 Å². The highest BCUT2D eigenvalue weighted by molar-refractivity contribution is 6.30. The lowest BCUT2D eigenvalue weighted by molar-refractivity contribution is 0.0513. The molecule has 0 saturated heterocycles. The molecule has 0 bridgehead atoms. The van der Waals surface area contributed by atoms with Crippen LogP contribution < -0.4 is 0 Å². The van der Waals surface area contributed by atoms with Gasteiger partial charge in [-0.25, -0.2) is 18.4 Å². The fourth-order valence-corrected chi connectivity index (χ4v) is 2.78. The lowest BCUT2D eigenvalue weighted by Crippen LogP contribution is -2.19. The first-order chi connectivity index (χ1) is 12.8. The van der Waals surface area contributed by atoms with Crippen molar-refractivity contribution in [3.63, 3.8) is 0 Å². The van der Waals surface area contributed by atoms with Crippen molar-refractivity contribution < 1.29 is 27.8 Å². The highest BCUT2D eigenvalue weighted by atomic mass is 35.5. The number of alkyl halides is 2. The van der Waals surface area contributed by atoms with Crippen molar-refractivity contribution in [3.05, 3.63) is 51.8 Å². The van der Waals surface area contributed by atoms with Gasteiger partial charge in [-0.05, 0) is 38.5 Å². The molecule has 0 radical (unpaired) electrons. The number of halogens is 3. The second-order valence-corrected chi connectivity index (χ2v) is 5.89. The zero-order valence-electron chi connectivity index (χ0n) is 15.0. The van der Waals surface area contributed by atoms with Gasteiger partial charge in [0.2, 0.25) is 0 Å². The molecule has 0 fully saturated rings. The van der Waals surface area contributed by atoms with Crippen molar-refractivity contribution in [2.24, 2.45) is 0 Å². The first-order valence-electron chi connectivity index (χ1n) is 8.24. The third-order valence-corrected chi connectivity index (χ3v) is 3.96. The SMILES string of the molecule is CCOC(=O)c1c(C)nc(C(F)F)c(C(=O)OCC)c1-c1ccc(Cl)cc1. The Morgan fingerprint density at radius 3 is 2.04 bits per heavy atom. The van der Waals surface area contributed by atoms with Gasteiger partial charge in [-0.15, -0.1) is 0 Å². The maximum absolute atomic E-state index is 13.6. The molecule has 1 aromatic carbocycles. The number of pyridine rings is 1. The summed E-state index contributed by atoms with van der Waals surface area (Å²) in [5.41, 5.74) is -0.899. The van der Waals surface area contributed by atoms with E-state index in [0.717, 1.165) is 0 Å². The molecule has 27 heavy (non-hydrogen) atoms. The van der Waals surface area contributed by atoms with Crippen LogP contribution in [0, 0.1) is 6.92 Å². The Kier molecular flexibility index (Phi) is 6.85. The molecule has 0 amide bonds. The minimum absolute atomic E-state index is 0.00799. The predicted molar refractivity (Wildman–Crippen MR) is 96.3 cm³/mol. The lowest BCUT2D eigenvalue weighted by Gasteiger charge is -2.18. The second kappa shape index (κ2) is 8.90. The van der Waals surface area contributed by atoms with Gasteiger partial charge in [-0.3, -0.25) is 4.98 Å². The molecule has 2 rings (SSSR count). The molecular formula is C19H18ClF2NO4. The van der Waals surface area contributed by atoms with Crippen LogP contribution in [0.25, 0.3) is 11.1 Å². The van der Waals surface area contributed by atoms with Crippen LogP contribution in [0.3, 0.4) is 0 Å². The molecule has 1 aromatic heterocycles. The smallest absolute Gasteiger partial charge is 0.340 e. The van der Waals surface area contributed by atoms with Crippen molar-refractivity contribution in [2.45, 2.75) is 27.2 Å².